The molecular formula is C13H17NO8. The molecule has 0 saturated carbocycles. The van der Waals surface area contributed by atoms with Crippen molar-refractivity contribution in [2.24, 2.45) is 0 Å². The molecular weight excluding hydrogens is 298 g/mol. The fourth-order valence-corrected chi connectivity index (χ4v) is 2.18. The smallest absolute Gasteiger partial charge is 0.269 e. The van der Waals surface area contributed by atoms with E-state index in [4.69, 9.17) is 19.3 Å². The van der Waals surface area contributed by atoms with Crippen LogP contribution in [0.3, 0.4) is 0 Å². The van der Waals surface area contributed by atoms with E-state index in [1.165, 1.54) is 31.4 Å². The van der Waals surface area contributed by atoms with E-state index in [1.54, 1.807) is 0 Å². The number of non-ortho nitro benzene ring substituents is 1. The number of aliphatic hydroxyl groups excluding tert-OH is 3. The summed E-state index contributed by atoms with van der Waals surface area (Å²) in [4.78, 5) is 10.1. The number of benzene rings is 1. The van der Waals surface area contributed by atoms with Gasteiger partial charge in [-0.05, 0) is 12.1 Å². The fraction of sp³-hybridized carbons (Fsp3) is 0.538. The lowest BCUT2D eigenvalue weighted by Gasteiger charge is -2.41. The number of rotatable bonds is 5. The van der Waals surface area contributed by atoms with Crippen molar-refractivity contribution in [2.45, 2.75) is 30.7 Å². The lowest BCUT2D eigenvalue weighted by molar-refractivity contribution is -0.384. The molecule has 2 rings (SSSR count). The first-order valence-electron chi connectivity index (χ1n) is 6.54. The molecule has 122 valence electrons. The predicted molar refractivity (Wildman–Crippen MR) is 72.3 cm³/mol. The number of ether oxygens (including phenoxy) is 3. The topological polar surface area (TPSA) is 132 Å². The van der Waals surface area contributed by atoms with Gasteiger partial charge in [0.25, 0.3) is 5.69 Å². The van der Waals surface area contributed by atoms with Crippen LogP contribution in [0.25, 0.3) is 0 Å². The molecule has 1 aromatic rings. The molecule has 0 bridgehead atoms. The number of aliphatic hydroxyl groups is 3. The van der Waals surface area contributed by atoms with Gasteiger partial charge in [-0.3, -0.25) is 10.1 Å². The van der Waals surface area contributed by atoms with Gasteiger partial charge >= 0.3 is 0 Å². The Morgan fingerprint density at radius 3 is 2.41 bits per heavy atom. The van der Waals surface area contributed by atoms with Crippen molar-refractivity contribution in [1.29, 1.82) is 0 Å². The number of methoxy groups -OCH3 is 1. The van der Waals surface area contributed by atoms with Gasteiger partial charge < -0.3 is 29.5 Å². The van der Waals surface area contributed by atoms with Crippen molar-refractivity contribution in [3.05, 3.63) is 34.4 Å². The van der Waals surface area contributed by atoms with Crippen LogP contribution in [0, 0.1) is 10.1 Å². The number of hydrogen-bond donors (Lipinski definition) is 3. The lowest BCUT2D eigenvalue weighted by Crippen LogP contribution is -2.60. The van der Waals surface area contributed by atoms with Gasteiger partial charge in [-0.25, -0.2) is 0 Å². The van der Waals surface area contributed by atoms with E-state index >= 15 is 0 Å². The molecule has 9 heteroatoms. The number of nitrogens with zero attached hydrogens (tertiary/aromatic N) is 1. The molecule has 1 aliphatic heterocycles. The Labute approximate surface area is 125 Å². The first kappa shape index (κ1) is 16.6. The largest absolute Gasteiger partial charge is 0.462 e. The molecule has 0 unspecified atom stereocenters. The summed E-state index contributed by atoms with van der Waals surface area (Å²) < 4.78 is 15.9. The summed E-state index contributed by atoms with van der Waals surface area (Å²) in [6.45, 7) is -0.505. The Morgan fingerprint density at radius 2 is 1.91 bits per heavy atom. The maximum Gasteiger partial charge on any atom is 0.269 e. The highest BCUT2D eigenvalue weighted by atomic mass is 16.7. The zero-order chi connectivity index (χ0) is 16.3. The first-order valence-corrected chi connectivity index (χ1v) is 6.54. The molecule has 0 radical (unpaired) electrons. The molecule has 1 heterocycles. The summed E-state index contributed by atoms with van der Waals surface area (Å²) >= 11 is 0. The summed E-state index contributed by atoms with van der Waals surface area (Å²) in [6.07, 6.45) is -5.70. The van der Waals surface area contributed by atoms with Crippen LogP contribution < -0.4 is 4.74 Å². The minimum atomic E-state index is -1.31. The molecule has 22 heavy (non-hydrogen) atoms. The third-order valence-corrected chi connectivity index (χ3v) is 3.40. The maximum atomic E-state index is 10.6. The Hall–Kier alpha value is -1.78. The summed E-state index contributed by atoms with van der Waals surface area (Å²) in [5, 5.41) is 39.5. The molecule has 9 nitrogen and oxygen atoms in total. The Balaban J connectivity index is 2.13. The van der Waals surface area contributed by atoms with Crippen molar-refractivity contribution < 1.29 is 34.5 Å². The van der Waals surface area contributed by atoms with Gasteiger partial charge in [0.05, 0.1) is 11.5 Å². The standard InChI is InChI=1S/C13H17NO8/c1-20-12-11(17)10(16)9(6-15)22-13(12)21-8-4-2-7(3-5-8)14(18)19/h2-5,9-13,15-17H,6H2,1H3/t9-,10-,11+,12-,13+/m1/s1. The summed E-state index contributed by atoms with van der Waals surface area (Å²) in [5.74, 6) is 0.262. The first-order chi connectivity index (χ1) is 10.5. The highest BCUT2D eigenvalue weighted by Crippen LogP contribution is 2.26. The predicted octanol–water partition coefficient (Wildman–Crippen LogP) is -0.572. The second-order valence-corrected chi connectivity index (χ2v) is 4.78. The normalized spacial score (nSPS) is 31.7. The van der Waals surface area contributed by atoms with E-state index in [-0.39, 0.29) is 11.4 Å². The van der Waals surface area contributed by atoms with Crippen molar-refractivity contribution in [2.75, 3.05) is 13.7 Å². The zero-order valence-corrected chi connectivity index (χ0v) is 11.7. The van der Waals surface area contributed by atoms with Crippen LogP contribution in [-0.2, 0) is 9.47 Å². The van der Waals surface area contributed by atoms with Crippen LogP contribution in [-0.4, -0.2) is 64.7 Å². The third-order valence-electron chi connectivity index (χ3n) is 3.40. The van der Waals surface area contributed by atoms with Crippen molar-refractivity contribution in [3.63, 3.8) is 0 Å². The van der Waals surface area contributed by atoms with Gasteiger partial charge in [-0.1, -0.05) is 0 Å². The van der Waals surface area contributed by atoms with E-state index in [0.717, 1.165) is 0 Å². The molecule has 1 aliphatic rings. The van der Waals surface area contributed by atoms with Gasteiger partial charge in [-0.2, -0.15) is 0 Å². The van der Waals surface area contributed by atoms with Crippen LogP contribution in [0.5, 0.6) is 5.75 Å². The minimum absolute atomic E-state index is 0.0936. The van der Waals surface area contributed by atoms with E-state index in [0.29, 0.717) is 0 Å². The molecule has 0 amide bonds. The minimum Gasteiger partial charge on any atom is -0.462 e. The second kappa shape index (κ2) is 6.99. The SMILES string of the molecule is CO[C@H]1[C@@H](Oc2ccc([N+](=O)[O-])cc2)O[C@H](CO)[C@@H](O)[C@@H]1O. The van der Waals surface area contributed by atoms with E-state index in [9.17, 15) is 20.3 Å². The monoisotopic (exact) mass is 315 g/mol. The van der Waals surface area contributed by atoms with Gasteiger partial charge in [-0.15, -0.1) is 0 Å². The van der Waals surface area contributed by atoms with Crippen LogP contribution in [0.1, 0.15) is 0 Å². The highest BCUT2D eigenvalue weighted by Gasteiger charge is 2.45. The molecule has 0 spiro atoms. The van der Waals surface area contributed by atoms with Crippen LogP contribution in [0.4, 0.5) is 5.69 Å². The van der Waals surface area contributed by atoms with Gasteiger partial charge in [0, 0.05) is 19.2 Å². The molecule has 3 N–H and O–H groups in total. The Bertz CT molecular complexity index is 507. The molecule has 1 fully saturated rings. The lowest BCUT2D eigenvalue weighted by atomic mass is 9.99. The summed E-state index contributed by atoms with van der Waals surface area (Å²) in [7, 11) is 1.31. The highest BCUT2D eigenvalue weighted by molar-refractivity contribution is 5.36. The quantitative estimate of drug-likeness (QED) is 0.486. The molecule has 0 aliphatic carbocycles. The Kier molecular flexibility index (Phi) is 5.27. The summed E-state index contributed by atoms with van der Waals surface area (Å²) in [5.41, 5.74) is -0.0936. The third kappa shape index (κ3) is 3.34. The molecule has 5 atom stereocenters. The van der Waals surface area contributed by atoms with E-state index in [1.807, 2.05) is 0 Å². The van der Waals surface area contributed by atoms with Gasteiger partial charge in [0.15, 0.2) is 0 Å². The maximum absolute atomic E-state index is 10.6. The number of nitro benzene ring substituents is 1. The average Bonchev–Trinajstić information content (AvgIpc) is 2.51. The van der Waals surface area contributed by atoms with E-state index in [2.05, 4.69) is 0 Å². The van der Waals surface area contributed by atoms with E-state index < -0.39 is 42.2 Å². The van der Waals surface area contributed by atoms with Crippen LogP contribution >= 0.6 is 0 Å². The second-order valence-electron chi connectivity index (χ2n) is 4.78. The number of hydrogen-bond acceptors (Lipinski definition) is 8. The van der Waals surface area contributed by atoms with Crippen molar-refractivity contribution in [1.82, 2.24) is 0 Å². The van der Waals surface area contributed by atoms with Crippen molar-refractivity contribution >= 4 is 5.69 Å². The Morgan fingerprint density at radius 1 is 1.27 bits per heavy atom. The molecule has 1 aromatic carbocycles. The van der Waals surface area contributed by atoms with Gasteiger partial charge in [0.2, 0.25) is 6.29 Å². The fourth-order valence-electron chi connectivity index (χ4n) is 2.18. The van der Waals surface area contributed by atoms with Crippen molar-refractivity contribution in [3.8, 4) is 5.75 Å². The van der Waals surface area contributed by atoms with Crippen LogP contribution in [0.15, 0.2) is 24.3 Å². The van der Waals surface area contributed by atoms with Gasteiger partial charge in [0.1, 0.15) is 30.2 Å². The average molecular weight is 315 g/mol. The zero-order valence-electron chi connectivity index (χ0n) is 11.7. The van der Waals surface area contributed by atoms with Crippen LogP contribution in [0.2, 0.25) is 0 Å². The number of nitro groups is 1. The molecule has 1 saturated heterocycles. The summed E-state index contributed by atoms with van der Waals surface area (Å²) in [6, 6.07) is 5.27. The molecule has 0 aromatic heterocycles.